The second kappa shape index (κ2) is 5.32. The van der Waals surface area contributed by atoms with Crippen molar-refractivity contribution >= 4 is 17.7 Å². The normalized spacial score (nSPS) is 28.2. The second-order valence-electron chi connectivity index (χ2n) is 4.79. The predicted molar refractivity (Wildman–Crippen MR) is 70.7 cm³/mol. The number of carboxylic acids is 1. The predicted octanol–water partition coefficient (Wildman–Crippen LogP) is 1.50. The molecule has 1 aliphatic rings. The molecule has 0 radical (unpaired) electrons. The van der Waals surface area contributed by atoms with E-state index >= 15 is 0 Å². The Morgan fingerprint density at radius 1 is 1.72 bits per heavy atom. The van der Waals surface area contributed by atoms with E-state index in [4.69, 9.17) is 0 Å². The second-order valence-corrected chi connectivity index (χ2v) is 6.06. The van der Waals surface area contributed by atoms with Crippen LogP contribution >= 0.6 is 11.8 Å². The summed E-state index contributed by atoms with van der Waals surface area (Å²) in [5, 5.41) is 13.7. The van der Waals surface area contributed by atoms with Crippen LogP contribution in [0.25, 0.3) is 0 Å². The van der Waals surface area contributed by atoms with Crippen molar-refractivity contribution in [2.45, 2.75) is 41.6 Å². The van der Waals surface area contributed by atoms with Crippen molar-refractivity contribution in [3.63, 3.8) is 0 Å². The van der Waals surface area contributed by atoms with Crippen molar-refractivity contribution < 1.29 is 9.90 Å². The van der Waals surface area contributed by atoms with Gasteiger partial charge in [-0.3, -0.25) is 4.79 Å². The van der Waals surface area contributed by atoms with Crippen molar-refractivity contribution in [1.29, 1.82) is 0 Å². The summed E-state index contributed by atoms with van der Waals surface area (Å²) in [6.07, 6.45) is 7.03. The van der Waals surface area contributed by atoms with E-state index in [9.17, 15) is 9.90 Å². The number of aryl methyl sites for hydroxylation is 1. The maximum Gasteiger partial charge on any atom is 0.323 e. The molecule has 0 amide bonds. The van der Waals surface area contributed by atoms with Gasteiger partial charge in [-0.1, -0.05) is 11.8 Å². The smallest absolute Gasteiger partial charge is 0.323 e. The highest BCUT2D eigenvalue weighted by molar-refractivity contribution is 7.99. The number of likely N-dealkylation sites (N-methyl/N-ethyl adjacent to an activating group) is 1. The summed E-state index contributed by atoms with van der Waals surface area (Å²) in [6, 6.07) is 0. The Kier molecular flexibility index (Phi) is 3.97. The van der Waals surface area contributed by atoms with Gasteiger partial charge in [0, 0.05) is 24.7 Å². The van der Waals surface area contributed by atoms with Crippen LogP contribution in [-0.4, -0.2) is 38.5 Å². The van der Waals surface area contributed by atoms with Crippen molar-refractivity contribution in [3.05, 3.63) is 12.4 Å². The number of nitrogens with one attached hydrogen (secondary N) is 1. The summed E-state index contributed by atoms with van der Waals surface area (Å²) in [5.74, 6) is -0.741. The first kappa shape index (κ1) is 13.4. The number of aliphatic carboxylic acids is 1. The third-order valence-electron chi connectivity index (χ3n) is 3.64. The van der Waals surface area contributed by atoms with E-state index < -0.39 is 11.5 Å². The third kappa shape index (κ3) is 2.54. The zero-order valence-electron chi connectivity index (χ0n) is 10.7. The van der Waals surface area contributed by atoms with E-state index in [-0.39, 0.29) is 0 Å². The zero-order valence-corrected chi connectivity index (χ0v) is 11.5. The number of carbonyl (C=O) groups is 1. The summed E-state index contributed by atoms with van der Waals surface area (Å²) in [7, 11) is 3.70. The van der Waals surface area contributed by atoms with Crippen LogP contribution in [0, 0.1) is 0 Å². The van der Waals surface area contributed by atoms with Gasteiger partial charge in [0.15, 0.2) is 5.16 Å². The Bertz CT molecular complexity index is 435. The lowest BCUT2D eigenvalue weighted by Gasteiger charge is -2.36. The maximum atomic E-state index is 11.4. The van der Waals surface area contributed by atoms with E-state index in [1.165, 1.54) is 0 Å². The monoisotopic (exact) mass is 269 g/mol. The summed E-state index contributed by atoms with van der Waals surface area (Å²) >= 11 is 1.68. The largest absolute Gasteiger partial charge is 0.480 e. The van der Waals surface area contributed by atoms with Crippen LogP contribution in [0.4, 0.5) is 0 Å². The number of rotatable bonds is 4. The Morgan fingerprint density at radius 3 is 3.06 bits per heavy atom. The van der Waals surface area contributed by atoms with Gasteiger partial charge in [0.2, 0.25) is 0 Å². The van der Waals surface area contributed by atoms with Gasteiger partial charge in [0.1, 0.15) is 5.54 Å². The van der Waals surface area contributed by atoms with Crippen molar-refractivity contribution in [2.24, 2.45) is 7.05 Å². The highest BCUT2D eigenvalue weighted by Crippen LogP contribution is 2.37. The SMILES string of the molecule is CNC1(C(=O)O)CCCC(Sc2nccn2C)C1. The highest BCUT2D eigenvalue weighted by atomic mass is 32.2. The molecule has 2 N–H and O–H groups in total. The minimum atomic E-state index is -0.763. The van der Waals surface area contributed by atoms with Gasteiger partial charge < -0.3 is 15.0 Å². The molecule has 5 nitrogen and oxygen atoms in total. The average Bonchev–Trinajstić information content (AvgIpc) is 2.75. The Balaban J connectivity index is 2.07. The van der Waals surface area contributed by atoms with E-state index in [0.717, 1.165) is 18.0 Å². The molecule has 1 saturated carbocycles. The molecular formula is C12H19N3O2S. The van der Waals surface area contributed by atoms with E-state index in [0.29, 0.717) is 18.1 Å². The lowest BCUT2D eigenvalue weighted by molar-refractivity contribution is -0.146. The molecule has 100 valence electrons. The van der Waals surface area contributed by atoms with Crippen LogP contribution in [0.15, 0.2) is 17.6 Å². The van der Waals surface area contributed by atoms with E-state index in [1.54, 1.807) is 25.0 Å². The summed E-state index contributed by atoms with van der Waals surface area (Å²) in [5.41, 5.74) is -0.763. The number of nitrogens with zero attached hydrogens (tertiary/aromatic N) is 2. The minimum absolute atomic E-state index is 0.309. The number of thioether (sulfide) groups is 1. The van der Waals surface area contributed by atoms with Crippen LogP contribution in [-0.2, 0) is 11.8 Å². The highest BCUT2D eigenvalue weighted by Gasteiger charge is 2.42. The van der Waals surface area contributed by atoms with E-state index in [2.05, 4.69) is 10.3 Å². The zero-order chi connectivity index (χ0) is 13.2. The maximum absolute atomic E-state index is 11.4. The molecule has 0 aliphatic heterocycles. The quantitative estimate of drug-likeness (QED) is 0.867. The molecule has 2 atom stereocenters. The first-order valence-electron chi connectivity index (χ1n) is 6.14. The Labute approximate surface area is 111 Å². The Morgan fingerprint density at radius 2 is 2.50 bits per heavy atom. The van der Waals surface area contributed by atoms with Gasteiger partial charge in [-0.05, 0) is 32.7 Å². The molecule has 0 aromatic carbocycles. The molecule has 0 saturated heterocycles. The lowest BCUT2D eigenvalue weighted by atomic mass is 9.81. The minimum Gasteiger partial charge on any atom is -0.480 e. The molecule has 2 rings (SSSR count). The standard InChI is InChI=1S/C12H19N3O2S/c1-13-12(10(16)17)5-3-4-9(8-12)18-11-14-6-7-15(11)2/h6-7,9,13H,3-5,8H2,1-2H3,(H,16,17). The average molecular weight is 269 g/mol. The summed E-state index contributed by atoms with van der Waals surface area (Å²) < 4.78 is 1.97. The first-order chi connectivity index (χ1) is 8.57. The molecule has 1 fully saturated rings. The topological polar surface area (TPSA) is 67.2 Å². The van der Waals surface area contributed by atoms with Crippen molar-refractivity contribution in [1.82, 2.24) is 14.9 Å². The molecule has 0 spiro atoms. The van der Waals surface area contributed by atoms with Crippen LogP contribution in [0.2, 0.25) is 0 Å². The molecule has 1 aromatic rings. The van der Waals surface area contributed by atoms with Crippen LogP contribution < -0.4 is 5.32 Å². The van der Waals surface area contributed by atoms with Crippen molar-refractivity contribution in [3.8, 4) is 0 Å². The molecule has 2 unspecified atom stereocenters. The molecule has 1 heterocycles. The number of aromatic nitrogens is 2. The van der Waals surface area contributed by atoms with Crippen molar-refractivity contribution in [2.75, 3.05) is 7.05 Å². The van der Waals surface area contributed by atoms with Crippen LogP contribution in [0.1, 0.15) is 25.7 Å². The Hall–Kier alpha value is -1.01. The van der Waals surface area contributed by atoms with Crippen LogP contribution in [0.5, 0.6) is 0 Å². The van der Waals surface area contributed by atoms with Gasteiger partial charge in [0.05, 0.1) is 0 Å². The van der Waals surface area contributed by atoms with Crippen LogP contribution in [0.3, 0.4) is 0 Å². The summed E-state index contributed by atoms with van der Waals surface area (Å²) in [4.78, 5) is 15.7. The fraction of sp³-hybridized carbons (Fsp3) is 0.667. The van der Waals surface area contributed by atoms with Gasteiger partial charge in [-0.15, -0.1) is 0 Å². The molecule has 0 bridgehead atoms. The summed E-state index contributed by atoms with van der Waals surface area (Å²) in [6.45, 7) is 0. The molecule has 1 aliphatic carbocycles. The van der Waals surface area contributed by atoms with Gasteiger partial charge >= 0.3 is 5.97 Å². The molecular weight excluding hydrogens is 250 g/mol. The fourth-order valence-corrected chi connectivity index (χ4v) is 3.77. The van der Waals surface area contributed by atoms with Gasteiger partial charge in [-0.2, -0.15) is 0 Å². The first-order valence-corrected chi connectivity index (χ1v) is 7.01. The van der Waals surface area contributed by atoms with E-state index in [1.807, 2.05) is 17.8 Å². The molecule has 6 heteroatoms. The fourth-order valence-electron chi connectivity index (χ4n) is 2.47. The molecule has 1 aromatic heterocycles. The number of hydrogen-bond donors (Lipinski definition) is 2. The third-order valence-corrected chi connectivity index (χ3v) is 4.98. The number of carboxylic acid groups (broad SMARTS) is 1. The number of imidazole rings is 1. The number of hydrogen-bond acceptors (Lipinski definition) is 4. The molecule has 18 heavy (non-hydrogen) atoms. The van der Waals surface area contributed by atoms with Gasteiger partial charge in [0.25, 0.3) is 0 Å². The lowest BCUT2D eigenvalue weighted by Crippen LogP contribution is -2.53. The van der Waals surface area contributed by atoms with Gasteiger partial charge in [-0.25, -0.2) is 4.98 Å².